The van der Waals surface area contributed by atoms with Crippen LogP contribution in [0.15, 0.2) is 24.3 Å². The van der Waals surface area contributed by atoms with Gasteiger partial charge in [0.1, 0.15) is 5.82 Å². The number of amides is 2. The Labute approximate surface area is 141 Å². The molecule has 0 spiro atoms. The number of carbonyl (C=O) groups excluding carboxylic acids is 2. The monoisotopic (exact) mass is 333 g/mol. The number of rotatable bonds is 6. The maximum atomic E-state index is 13.9. The number of nitrogens with two attached hydrogens (primary N) is 1. The van der Waals surface area contributed by atoms with E-state index in [2.05, 4.69) is 4.90 Å². The van der Waals surface area contributed by atoms with Crippen LogP contribution in [0.1, 0.15) is 31.2 Å². The summed E-state index contributed by atoms with van der Waals surface area (Å²) in [6, 6.07) is 6.85. The van der Waals surface area contributed by atoms with Gasteiger partial charge in [0.15, 0.2) is 0 Å². The SMILES string of the molecule is NC(=O)C1CCN(CC(=O)N(Cc2ccccc2F)C2CC2)CC1. The third-order valence-corrected chi connectivity index (χ3v) is 4.96. The van der Waals surface area contributed by atoms with Crippen molar-refractivity contribution in [1.82, 2.24) is 9.80 Å². The van der Waals surface area contributed by atoms with Crippen LogP contribution in [0.25, 0.3) is 0 Å². The third kappa shape index (κ3) is 4.12. The first-order valence-corrected chi connectivity index (χ1v) is 8.59. The summed E-state index contributed by atoms with van der Waals surface area (Å²) in [5, 5.41) is 0. The summed E-state index contributed by atoms with van der Waals surface area (Å²) in [5.74, 6) is -0.550. The minimum absolute atomic E-state index is 0.0401. The highest BCUT2D eigenvalue weighted by atomic mass is 19.1. The Kier molecular flexibility index (Phi) is 5.14. The van der Waals surface area contributed by atoms with Gasteiger partial charge in [-0.2, -0.15) is 0 Å². The Hall–Kier alpha value is -1.95. The van der Waals surface area contributed by atoms with Crippen molar-refractivity contribution in [3.8, 4) is 0 Å². The summed E-state index contributed by atoms with van der Waals surface area (Å²) >= 11 is 0. The zero-order chi connectivity index (χ0) is 17.1. The summed E-state index contributed by atoms with van der Waals surface area (Å²) < 4.78 is 13.9. The molecule has 1 aliphatic heterocycles. The van der Waals surface area contributed by atoms with Crippen molar-refractivity contribution in [3.63, 3.8) is 0 Å². The first-order valence-electron chi connectivity index (χ1n) is 8.59. The third-order valence-electron chi connectivity index (χ3n) is 4.96. The zero-order valence-corrected chi connectivity index (χ0v) is 13.8. The molecule has 1 heterocycles. The van der Waals surface area contributed by atoms with Crippen LogP contribution < -0.4 is 5.73 Å². The van der Waals surface area contributed by atoms with Crippen molar-refractivity contribution < 1.29 is 14.0 Å². The molecule has 1 aromatic rings. The summed E-state index contributed by atoms with van der Waals surface area (Å²) in [4.78, 5) is 27.8. The van der Waals surface area contributed by atoms with Crippen molar-refractivity contribution in [2.75, 3.05) is 19.6 Å². The van der Waals surface area contributed by atoms with E-state index in [1.54, 1.807) is 23.1 Å². The normalized spacial score (nSPS) is 19.2. The smallest absolute Gasteiger partial charge is 0.237 e. The average molecular weight is 333 g/mol. The molecule has 2 amide bonds. The quantitative estimate of drug-likeness (QED) is 0.858. The first kappa shape index (κ1) is 16.9. The molecule has 130 valence electrons. The van der Waals surface area contributed by atoms with Crippen LogP contribution in [-0.2, 0) is 16.1 Å². The highest BCUT2D eigenvalue weighted by Gasteiger charge is 2.34. The number of benzene rings is 1. The second-order valence-corrected chi connectivity index (χ2v) is 6.80. The summed E-state index contributed by atoms with van der Waals surface area (Å²) in [6.45, 7) is 2.07. The molecular weight excluding hydrogens is 309 g/mol. The van der Waals surface area contributed by atoms with E-state index in [1.165, 1.54) is 6.07 Å². The Morgan fingerprint density at radius 1 is 1.17 bits per heavy atom. The lowest BCUT2D eigenvalue weighted by Gasteiger charge is -2.32. The summed E-state index contributed by atoms with van der Waals surface area (Å²) in [5.41, 5.74) is 5.90. The molecule has 2 N–H and O–H groups in total. The Bertz CT molecular complexity index is 610. The maximum absolute atomic E-state index is 13.9. The lowest BCUT2D eigenvalue weighted by Crippen LogP contribution is -2.45. The number of primary amides is 1. The number of hydrogen-bond donors (Lipinski definition) is 1. The van der Waals surface area contributed by atoms with Crippen molar-refractivity contribution >= 4 is 11.8 Å². The molecule has 0 radical (unpaired) electrons. The largest absolute Gasteiger partial charge is 0.369 e. The molecule has 1 saturated carbocycles. The predicted molar refractivity (Wildman–Crippen MR) is 88.3 cm³/mol. The van der Waals surface area contributed by atoms with Crippen LogP contribution in [0.4, 0.5) is 4.39 Å². The second kappa shape index (κ2) is 7.30. The fraction of sp³-hybridized carbons (Fsp3) is 0.556. The van der Waals surface area contributed by atoms with Gasteiger partial charge >= 0.3 is 0 Å². The van der Waals surface area contributed by atoms with Gasteiger partial charge in [-0.25, -0.2) is 4.39 Å². The Balaban J connectivity index is 1.58. The zero-order valence-electron chi connectivity index (χ0n) is 13.8. The number of hydrogen-bond acceptors (Lipinski definition) is 3. The first-order chi connectivity index (χ1) is 11.5. The van der Waals surface area contributed by atoms with E-state index in [9.17, 15) is 14.0 Å². The fourth-order valence-electron chi connectivity index (χ4n) is 3.27. The van der Waals surface area contributed by atoms with E-state index in [0.29, 0.717) is 44.6 Å². The van der Waals surface area contributed by atoms with Gasteiger partial charge in [0.05, 0.1) is 6.54 Å². The van der Waals surface area contributed by atoms with E-state index in [4.69, 9.17) is 5.73 Å². The molecule has 0 aromatic heterocycles. The van der Waals surface area contributed by atoms with Crippen molar-refractivity contribution in [1.29, 1.82) is 0 Å². The van der Waals surface area contributed by atoms with Gasteiger partial charge in [-0.3, -0.25) is 14.5 Å². The molecule has 2 aliphatic rings. The topological polar surface area (TPSA) is 66.6 Å². The van der Waals surface area contributed by atoms with Crippen LogP contribution in [0.5, 0.6) is 0 Å². The van der Waals surface area contributed by atoms with E-state index in [1.807, 2.05) is 0 Å². The minimum atomic E-state index is -0.266. The summed E-state index contributed by atoms with van der Waals surface area (Å²) in [6.07, 6.45) is 3.40. The number of carbonyl (C=O) groups is 2. The second-order valence-electron chi connectivity index (χ2n) is 6.80. The highest BCUT2D eigenvalue weighted by Crippen LogP contribution is 2.29. The lowest BCUT2D eigenvalue weighted by molar-refractivity contribution is -0.134. The average Bonchev–Trinajstić information content (AvgIpc) is 3.39. The fourth-order valence-corrected chi connectivity index (χ4v) is 3.27. The van der Waals surface area contributed by atoms with Crippen LogP contribution in [-0.4, -0.2) is 47.3 Å². The number of piperidine rings is 1. The molecule has 3 rings (SSSR count). The van der Waals surface area contributed by atoms with Crippen LogP contribution in [0.2, 0.25) is 0 Å². The van der Waals surface area contributed by atoms with Crippen LogP contribution in [0, 0.1) is 11.7 Å². The molecule has 2 fully saturated rings. The highest BCUT2D eigenvalue weighted by molar-refractivity contribution is 5.79. The number of likely N-dealkylation sites (tertiary alicyclic amines) is 1. The number of halogens is 1. The van der Waals surface area contributed by atoms with Gasteiger partial charge in [-0.05, 0) is 44.8 Å². The Morgan fingerprint density at radius 2 is 1.83 bits per heavy atom. The lowest BCUT2D eigenvalue weighted by atomic mass is 9.96. The van der Waals surface area contributed by atoms with Gasteiger partial charge in [0, 0.05) is 24.1 Å². The van der Waals surface area contributed by atoms with Gasteiger partial charge < -0.3 is 10.6 Å². The number of nitrogens with zero attached hydrogens (tertiary/aromatic N) is 2. The van der Waals surface area contributed by atoms with Crippen LogP contribution in [0.3, 0.4) is 0 Å². The van der Waals surface area contributed by atoms with Gasteiger partial charge in [-0.15, -0.1) is 0 Å². The minimum Gasteiger partial charge on any atom is -0.369 e. The molecule has 0 bridgehead atoms. The van der Waals surface area contributed by atoms with Crippen molar-refractivity contribution in [3.05, 3.63) is 35.6 Å². The molecule has 0 unspecified atom stereocenters. The Morgan fingerprint density at radius 3 is 2.42 bits per heavy atom. The van der Waals surface area contributed by atoms with E-state index < -0.39 is 0 Å². The standard InChI is InChI=1S/C18H24FN3O2/c19-16-4-2-1-3-14(16)11-22(15-5-6-15)17(23)12-21-9-7-13(8-10-21)18(20)24/h1-4,13,15H,5-12H2,(H2,20,24). The molecule has 1 aromatic carbocycles. The molecule has 5 nitrogen and oxygen atoms in total. The van der Waals surface area contributed by atoms with E-state index >= 15 is 0 Å². The molecule has 1 saturated heterocycles. The molecular formula is C18H24FN3O2. The van der Waals surface area contributed by atoms with Crippen molar-refractivity contribution in [2.45, 2.75) is 38.3 Å². The van der Waals surface area contributed by atoms with E-state index in [-0.39, 0.29) is 29.6 Å². The predicted octanol–water partition coefficient (Wildman–Crippen LogP) is 1.51. The molecule has 1 aliphatic carbocycles. The molecule has 24 heavy (non-hydrogen) atoms. The summed E-state index contributed by atoms with van der Waals surface area (Å²) in [7, 11) is 0. The van der Waals surface area contributed by atoms with Gasteiger partial charge in [0.25, 0.3) is 0 Å². The molecule has 6 heteroatoms. The molecule has 0 atom stereocenters. The maximum Gasteiger partial charge on any atom is 0.237 e. The van der Waals surface area contributed by atoms with E-state index in [0.717, 1.165) is 12.8 Å². The van der Waals surface area contributed by atoms with Crippen molar-refractivity contribution in [2.24, 2.45) is 11.7 Å². The van der Waals surface area contributed by atoms with Crippen LogP contribution >= 0.6 is 0 Å². The van der Waals surface area contributed by atoms with Gasteiger partial charge in [-0.1, -0.05) is 18.2 Å². The van der Waals surface area contributed by atoms with Gasteiger partial charge in [0.2, 0.25) is 11.8 Å².